The molecule has 0 N–H and O–H groups in total. The molecule has 0 amide bonds. The minimum atomic E-state index is 1.14. The van der Waals surface area contributed by atoms with E-state index >= 15 is 0 Å². The molecule has 0 heterocycles. The van der Waals surface area contributed by atoms with Gasteiger partial charge in [-0.3, -0.25) is 0 Å². The Morgan fingerprint density at radius 1 is 0.889 bits per heavy atom. The second kappa shape index (κ2) is 21.3. The van der Waals surface area contributed by atoms with Gasteiger partial charge < -0.3 is 0 Å². The molecule has 1 rings (SSSR count). The molecule has 0 saturated heterocycles. The predicted molar refractivity (Wildman–Crippen MR) is 88.4 cm³/mol. The first kappa shape index (κ1) is 22.2. The number of hydrogen-bond donors (Lipinski definition) is 0. The van der Waals surface area contributed by atoms with Crippen LogP contribution in [0.15, 0.2) is 36.4 Å². The maximum Gasteiger partial charge on any atom is -0.0307 e. The number of rotatable bonds is 2. The summed E-state index contributed by atoms with van der Waals surface area (Å²) in [6.07, 6.45) is 6.48. The summed E-state index contributed by atoms with van der Waals surface area (Å²) in [6, 6.07) is 8.66. The van der Waals surface area contributed by atoms with Gasteiger partial charge in [-0.25, -0.2) is 0 Å². The van der Waals surface area contributed by atoms with Crippen molar-refractivity contribution in [2.24, 2.45) is 0 Å². The summed E-state index contributed by atoms with van der Waals surface area (Å²) >= 11 is 0. The first-order chi connectivity index (χ1) is 8.74. The van der Waals surface area contributed by atoms with E-state index in [0.717, 1.165) is 12.8 Å². The molecule has 18 heavy (non-hydrogen) atoms. The Labute approximate surface area is 116 Å². The van der Waals surface area contributed by atoms with Gasteiger partial charge in [0.15, 0.2) is 0 Å². The third-order valence-electron chi connectivity index (χ3n) is 2.00. The molecule has 0 saturated carbocycles. The Morgan fingerprint density at radius 3 is 1.56 bits per heavy atom. The summed E-state index contributed by atoms with van der Waals surface area (Å²) in [7, 11) is 0. The highest BCUT2D eigenvalue weighted by molar-refractivity contribution is 5.20. The van der Waals surface area contributed by atoms with Gasteiger partial charge in [0, 0.05) is 0 Å². The van der Waals surface area contributed by atoms with Crippen molar-refractivity contribution in [3.05, 3.63) is 47.5 Å². The second-order valence-corrected chi connectivity index (χ2v) is 3.32. The summed E-state index contributed by atoms with van der Waals surface area (Å²) in [6.45, 7) is 16.4. The fourth-order valence-electron chi connectivity index (χ4n) is 1.06. The number of hydrogen-bond acceptors (Lipinski definition) is 0. The summed E-state index contributed by atoms with van der Waals surface area (Å²) in [5.74, 6) is 0. The van der Waals surface area contributed by atoms with E-state index in [9.17, 15) is 0 Å². The molecule has 0 fully saturated rings. The van der Waals surface area contributed by atoms with Crippen molar-refractivity contribution < 1.29 is 0 Å². The van der Waals surface area contributed by atoms with Gasteiger partial charge in [0.05, 0.1) is 0 Å². The van der Waals surface area contributed by atoms with E-state index in [-0.39, 0.29) is 0 Å². The van der Waals surface area contributed by atoms with Crippen molar-refractivity contribution in [1.82, 2.24) is 0 Å². The average Bonchev–Trinajstić information content (AvgIpc) is 2.46. The zero-order chi connectivity index (χ0) is 14.8. The Hall–Kier alpha value is -1.04. The average molecular weight is 250 g/mol. The molecule has 0 aliphatic carbocycles. The Kier molecular flexibility index (Phi) is 26.2. The van der Waals surface area contributed by atoms with Crippen LogP contribution in [0.2, 0.25) is 0 Å². The number of aryl methyl sites for hydroxylation is 2. The Morgan fingerprint density at radius 2 is 1.33 bits per heavy atom. The van der Waals surface area contributed by atoms with Gasteiger partial charge in [-0.1, -0.05) is 83.5 Å². The normalized spacial score (nSPS) is 8.22. The lowest BCUT2D eigenvalue weighted by atomic mass is 10.1. The Bertz CT molecular complexity index is 241. The van der Waals surface area contributed by atoms with Crippen molar-refractivity contribution in [3.8, 4) is 0 Å². The molecule has 0 atom stereocenters. The SMILES string of the molecule is C/C=C\CC.CC.CC.CCc1ccc(C)cc1. The molecule has 0 unspecified atom stereocenters. The smallest absolute Gasteiger partial charge is 0.0307 e. The summed E-state index contributed by atoms with van der Waals surface area (Å²) in [5.41, 5.74) is 2.76. The maximum atomic E-state index is 2.18. The summed E-state index contributed by atoms with van der Waals surface area (Å²) < 4.78 is 0. The van der Waals surface area contributed by atoms with Crippen LogP contribution in [0, 0.1) is 6.92 Å². The van der Waals surface area contributed by atoms with Crippen molar-refractivity contribution in [2.75, 3.05) is 0 Å². The van der Waals surface area contributed by atoms with E-state index in [4.69, 9.17) is 0 Å². The zero-order valence-corrected chi connectivity index (χ0v) is 13.9. The molecule has 0 radical (unpaired) electrons. The highest BCUT2D eigenvalue weighted by Gasteiger charge is 1.84. The van der Waals surface area contributed by atoms with Crippen LogP contribution in [0.1, 0.15) is 66.0 Å². The highest BCUT2D eigenvalue weighted by Crippen LogP contribution is 2.02. The van der Waals surface area contributed by atoms with E-state index in [1.54, 1.807) is 0 Å². The summed E-state index contributed by atoms with van der Waals surface area (Å²) in [4.78, 5) is 0. The molecule has 0 aliphatic rings. The van der Waals surface area contributed by atoms with Crippen LogP contribution in [0.25, 0.3) is 0 Å². The lowest BCUT2D eigenvalue weighted by molar-refractivity contribution is 1.14. The van der Waals surface area contributed by atoms with Crippen LogP contribution in [0.4, 0.5) is 0 Å². The quantitative estimate of drug-likeness (QED) is 0.520. The highest BCUT2D eigenvalue weighted by atomic mass is 13.9. The molecule has 0 nitrogen and oxygen atoms in total. The molecule has 1 aromatic carbocycles. The third-order valence-corrected chi connectivity index (χ3v) is 2.00. The van der Waals surface area contributed by atoms with Crippen LogP contribution in [-0.2, 0) is 6.42 Å². The van der Waals surface area contributed by atoms with Crippen molar-refractivity contribution in [1.29, 1.82) is 0 Å². The van der Waals surface area contributed by atoms with Crippen LogP contribution < -0.4 is 0 Å². The van der Waals surface area contributed by atoms with E-state index in [2.05, 4.69) is 57.2 Å². The molecular weight excluding hydrogens is 216 g/mol. The first-order valence-electron chi connectivity index (χ1n) is 7.41. The summed E-state index contributed by atoms with van der Waals surface area (Å²) in [5, 5.41) is 0. The van der Waals surface area contributed by atoms with Crippen molar-refractivity contribution >= 4 is 0 Å². The van der Waals surface area contributed by atoms with Gasteiger partial charge in [-0.05, 0) is 32.3 Å². The number of benzene rings is 1. The topological polar surface area (TPSA) is 0 Å². The molecule has 106 valence electrons. The van der Waals surface area contributed by atoms with Crippen LogP contribution >= 0.6 is 0 Å². The molecule has 0 aromatic heterocycles. The van der Waals surface area contributed by atoms with Gasteiger partial charge >= 0.3 is 0 Å². The molecule has 1 aromatic rings. The molecule has 0 spiro atoms. The predicted octanol–water partition coefficient (Wildman–Crippen LogP) is 6.58. The molecule has 0 bridgehead atoms. The van der Waals surface area contributed by atoms with Crippen LogP contribution in [-0.4, -0.2) is 0 Å². The van der Waals surface area contributed by atoms with E-state index in [0.29, 0.717) is 0 Å². The molecule has 0 aliphatic heterocycles. The minimum Gasteiger partial charge on any atom is -0.0917 e. The van der Waals surface area contributed by atoms with Crippen molar-refractivity contribution in [3.63, 3.8) is 0 Å². The number of allylic oxidation sites excluding steroid dienone is 2. The van der Waals surface area contributed by atoms with Gasteiger partial charge in [-0.15, -0.1) is 0 Å². The van der Waals surface area contributed by atoms with E-state index in [1.807, 2.05) is 34.6 Å². The molecular formula is C18H34. The first-order valence-corrected chi connectivity index (χ1v) is 7.41. The zero-order valence-electron chi connectivity index (χ0n) is 13.9. The largest absolute Gasteiger partial charge is 0.0917 e. The monoisotopic (exact) mass is 250 g/mol. The maximum absolute atomic E-state index is 2.18. The Balaban J connectivity index is -0.000000215. The molecule has 0 heteroatoms. The van der Waals surface area contributed by atoms with E-state index in [1.165, 1.54) is 11.1 Å². The van der Waals surface area contributed by atoms with Crippen LogP contribution in [0.5, 0.6) is 0 Å². The van der Waals surface area contributed by atoms with Crippen LogP contribution in [0.3, 0.4) is 0 Å². The van der Waals surface area contributed by atoms with Gasteiger partial charge in [0.1, 0.15) is 0 Å². The fourth-order valence-corrected chi connectivity index (χ4v) is 1.06. The lowest BCUT2D eigenvalue weighted by Gasteiger charge is -1.94. The van der Waals surface area contributed by atoms with Gasteiger partial charge in [0.25, 0.3) is 0 Å². The second-order valence-electron chi connectivity index (χ2n) is 3.32. The standard InChI is InChI=1S/C9H12.C5H10.2C2H6/c1-3-9-6-4-8(2)5-7-9;1-3-5-4-2;2*1-2/h4-7H,3H2,1-2H3;3,5H,4H2,1-2H3;2*1-2H3/b;5-3-;;. The fraction of sp³-hybridized carbons (Fsp3) is 0.556. The van der Waals surface area contributed by atoms with Gasteiger partial charge in [-0.2, -0.15) is 0 Å². The lowest BCUT2D eigenvalue weighted by Crippen LogP contribution is -1.77. The van der Waals surface area contributed by atoms with E-state index < -0.39 is 0 Å². The third kappa shape index (κ3) is 17.4. The van der Waals surface area contributed by atoms with Crippen molar-refractivity contribution in [2.45, 2.75) is 68.2 Å². The minimum absolute atomic E-state index is 1.14. The van der Waals surface area contributed by atoms with Gasteiger partial charge in [0.2, 0.25) is 0 Å².